The molecule has 5 heteroatoms. The number of benzene rings is 2. The first-order valence-corrected chi connectivity index (χ1v) is 7.29. The van der Waals surface area contributed by atoms with Gasteiger partial charge >= 0.3 is 0 Å². The quantitative estimate of drug-likeness (QED) is 0.644. The van der Waals surface area contributed by atoms with Gasteiger partial charge in [-0.2, -0.15) is 0 Å². The maximum Gasteiger partial charge on any atom is 0.124 e. The number of hydrazine groups is 1. The molecule has 0 amide bonds. The Morgan fingerprint density at radius 2 is 2.00 bits per heavy atom. The monoisotopic (exact) mass is 354 g/mol. The summed E-state index contributed by atoms with van der Waals surface area (Å²) in [5.41, 5.74) is 5.93. The van der Waals surface area contributed by atoms with Gasteiger partial charge in [-0.25, -0.2) is 5.43 Å². The summed E-state index contributed by atoms with van der Waals surface area (Å²) < 4.78 is 6.43. The lowest BCUT2D eigenvalue weighted by atomic mass is 9.97. The summed E-state index contributed by atoms with van der Waals surface area (Å²) in [5, 5.41) is 0.646. The molecule has 2 aromatic rings. The van der Waals surface area contributed by atoms with Gasteiger partial charge in [0.15, 0.2) is 0 Å². The zero-order valence-electron chi connectivity index (χ0n) is 11.3. The fourth-order valence-electron chi connectivity index (χ4n) is 2.09. The summed E-state index contributed by atoms with van der Waals surface area (Å²) in [6, 6.07) is 11.4. The maximum absolute atomic E-state index is 6.09. The van der Waals surface area contributed by atoms with Gasteiger partial charge in [-0.1, -0.05) is 39.7 Å². The third-order valence-corrected chi connectivity index (χ3v) is 4.29. The van der Waals surface area contributed by atoms with Gasteiger partial charge in [0.05, 0.1) is 13.2 Å². The first-order chi connectivity index (χ1) is 9.56. The average Bonchev–Trinajstić information content (AvgIpc) is 2.44. The molecule has 0 aliphatic carbocycles. The van der Waals surface area contributed by atoms with Gasteiger partial charge < -0.3 is 4.74 Å². The molecule has 20 heavy (non-hydrogen) atoms. The Morgan fingerprint density at radius 3 is 2.60 bits per heavy atom. The molecule has 0 bridgehead atoms. The molecule has 0 aliphatic rings. The van der Waals surface area contributed by atoms with E-state index in [1.54, 1.807) is 13.2 Å². The number of aryl methyl sites for hydroxylation is 1. The zero-order chi connectivity index (χ0) is 14.7. The molecule has 0 aromatic heterocycles. The summed E-state index contributed by atoms with van der Waals surface area (Å²) in [6.45, 7) is 2.04. The van der Waals surface area contributed by atoms with Crippen molar-refractivity contribution in [2.24, 2.45) is 5.84 Å². The van der Waals surface area contributed by atoms with Crippen LogP contribution in [0.4, 0.5) is 0 Å². The van der Waals surface area contributed by atoms with Crippen molar-refractivity contribution in [3.63, 3.8) is 0 Å². The first kappa shape index (κ1) is 15.3. The number of ether oxygens (including phenoxy) is 1. The second-order valence-corrected chi connectivity index (χ2v) is 5.79. The Bertz CT molecular complexity index is 619. The molecule has 0 radical (unpaired) electrons. The zero-order valence-corrected chi connectivity index (χ0v) is 13.6. The predicted octanol–water partition coefficient (Wildman–Crippen LogP) is 3.97. The molecular formula is C15H16BrClN2O. The summed E-state index contributed by atoms with van der Waals surface area (Å²) in [7, 11) is 1.63. The van der Waals surface area contributed by atoms with Crippen LogP contribution < -0.4 is 16.0 Å². The minimum atomic E-state index is -0.194. The van der Waals surface area contributed by atoms with Crippen molar-refractivity contribution in [2.45, 2.75) is 13.0 Å². The first-order valence-electron chi connectivity index (χ1n) is 6.12. The van der Waals surface area contributed by atoms with Crippen molar-refractivity contribution in [3.05, 3.63) is 62.6 Å². The van der Waals surface area contributed by atoms with E-state index < -0.39 is 0 Å². The lowest BCUT2D eigenvalue weighted by Gasteiger charge is -2.20. The average molecular weight is 356 g/mol. The number of methoxy groups -OCH3 is 1. The van der Waals surface area contributed by atoms with Crippen molar-refractivity contribution in [1.29, 1.82) is 0 Å². The molecular weight excluding hydrogens is 340 g/mol. The third-order valence-electron chi connectivity index (χ3n) is 3.20. The molecule has 3 nitrogen and oxygen atoms in total. The molecule has 0 saturated carbocycles. The number of rotatable bonds is 4. The third kappa shape index (κ3) is 3.15. The Morgan fingerprint density at radius 1 is 1.25 bits per heavy atom. The molecule has 2 rings (SSSR count). The molecule has 0 saturated heterocycles. The maximum atomic E-state index is 6.09. The lowest BCUT2D eigenvalue weighted by Crippen LogP contribution is -2.29. The van der Waals surface area contributed by atoms with Gasteiger partial charge in [0.1, 0.15) is 5.75 Å². The number of nitrogens with two attached hydrogens (primary N) is 1. The van der Waals surface area contributed by atoms with Crippen LogP contribution in [0.5, 0.6) is 5.75 Å². The molecule has 106 valence electrons. The summed E-state index contributed by atoms with van der Waals surface area (Å²) >= 11 is 9.63. The number of halogens is 2. The number of hydrogen-bond acceptors (Lipinski definition) is 3. The highest BCUT2D eigenvalue weighted by molar-refractivity contribution is 9.10. The molecule has 3 N–H and O–H groups in total. The summed E-state index contributed by atoms with van der Waals surface area (Å²) in [4.78, 5) is 0. The van der Waals surface area contributed by atoms with E-state index in [9.17, 15) is 0 Å². The number of nitrogens with one attached hydrogen (secondary N) is 1. The van der Waals surface area contributed by atoms with Crippen LogP contribution in [0.15, 0.2) is 40.9 Å². The Hall–Kier alpha value is -1.07. The van der Waals surface area contributed by atoms with Crippen LogP contribution in [0.1, 0.15) is 22.7 Å². The minimum Gasteiger partial charge on any atom is -0.496 e. The standard InChI is InChI=1S/C15H16BrClN2O/c1-9-3-4-10(7-13(9)16)15(19-18)12-8-11(17)5-6-14(12)20-2/h3-8,15,19H,18H2,1-2H3. The van der Waals surface area contributed by atoms with Crippen LogP contribution in [-0.4, -0.2) is 7.11 Å². The van der Waals surface area contributed by atoms with E-state index in [1.807, 2.05) is 37.3 Å². The van der Waals surface area contributed by atoms with Crippen molar-refractivity contribution >= 4 is 27.5 Å². The molecule has 0 fully saturated rings. The van der Waals surface area contributed by atoms with Crippen molar-refractivity contribution in [1.82, 2.24) is 5.43 Å². The van der Waals surface area contributed by atoms with Crippen LogP contribution >= 0.6 is 27.5 Å². The molecule has 1 unspecified atom stereocenters. The normalized spacial score (nSPS) is 12.2. The Labute approximate surface area is 132 Å². The van der Waals surface area contributed by atoms with Crippen molar-refractivity contribution < 1.29 is 4.74 Å². The summed E-state index contributed by atoms with van der Waals surface area (Å²) in [6.07, 6.45) is 0. The topological polar surface area (TPSA) is 47.3 Å². The molecule has 0 spiro atoms. The lowest BCUT2D eigenvalue weighted by molar-refractivity contribution is 0.404. The van der Waals surface area contributed by atoms with Crippen LogP contribution in [0.3, 0.4) is 0 Å². The minimum absolute atomic E-state index is 0.194. The fraction of sp³-hybridized carbons (Fsp3) is 0.200. The van der Waals surface area contributed by atoms with Gasteiger partial charge in [-0.3, -0.25) is 5.84 Å². The van der Waals surface area contributed by atoms with Crippen LogP contribution in [0, 0.1) is 6.92 Å². The Balaban J connectivity index is 2.51. The van der Waals surface area contributed by atoms with E-state index in [-0.39, 0.29) is 6.04 Å². The van der Waals surface area contributed by atoms with Gasteiger partial charge in [-0.15, -0.1) is 0 Å². The van der Waals surface area contributed by atoms with E-state index in [0.717, 1.165) is 21.3 Å². The van der Waals surface area contributed by atoms with E-state index in [0.29, 0.717) is 5.02 Å². The molecule has 2 aromatic carbocycles. The van der Waals surface area contributed by atoms with E-state index in [1.165, 1.54) is 5.56 Å². The second-order valence-electron chi connectivity index (χ2n) is 4.49. The van der Waals surface area contributed by atoms with Crippen LogP contribution in [0.25, 0.3) is 0 Å². The van der Waals surface area contributed by atoms with E-state index in [4.69, 9.17) is 22.2 Å². The molecule has 1 atom stereocenters. The van der Waals surface area contributed by atoms with Crippen LogP contribution in [-0.2, 0) is 0 Å². The fourth-order valence-corrected chi connectivity index (χ4v) is 2.66. The van der Waals surface area contributed by atoms with Gasteiger partial charge in [-0.05, 0) is 42.3 Å². The second kappa shape index (κ2) is 6.59. The predicted molar refractivity (Wildman–Crippen MR) is 86.0 cm³/mol. The van der Waals surface area contributed by atoms with E-state index >= 15 is 0 Å². The SMILES string of the molecule is COc1ccc(Cl)cc1C(NN)c1ccc(C)c(Br)c1. The van der Waals surface area contributed by atoms with Gasteiger partial charge in [0, 0.05) is 15.1 Å². The highest BCUT2D eigenvalue weighted by atomic mass is 79.9. The largest absolute Gasteiger partial charge is 0.496 e. The smallest absolute Gasteiger partial charge is 0.124 e. The van der Waals surface area contributed by atoms with E-state index in [2.05, 4.69) is 21.4 Å². The highest BCUT2D eigenvalue weighted by Gasteiger charge is 2.18. The highest BCUT2D eigenvalue weighted by Crippen LogP contribution is 2.33. The van der Waals surface area contributed by atoms with Gasteiger partial charge in [0.25, 0.3) is 0 Å². The Kier molecular flexibility index (Phi) is 5.05. The molecule has 0 aliphatic heterocycles. The van der Waals surface area contributed by atoms with Crippen molar-refractivity contribution in [3.8, 4) is 5.75 Å². The number of hydrogen-bond donors (Lipinski definition) is 2. The molecule has 0 heterocycles. The van der Waals surface area contributed by atoms with Crippen LogP contribution in [0.2, 0.25) is 5.02 Å². The van der Waals surface area contributed by atoms with Crippen molar-refractivity contribution in [2.75, 3.05) is 7.11 Å². The summed E-state index contributed by atoms with van der Waals surface area (Å²) in [5.74, 6) is 6.48. The van der Waals surface area contributed by atoms with Gasteiger partial charge in [0.2, 0.25) is 0 Å².